The molecule has 2 N–H and O–H groups in total. The summed E-state index contributed by atoms with van der Waals surface area (Å²) in [6, 6.07) is 5.94. The molecular formula is C16H20N4S. The Morgan fingerprint density at radius 1 is 1.29 bits per heavy atom. The molecule has 0 unspecified atom stereocenters. The first-order valence-corrected chi connectivity index (χ1v) is 7.84. The van der Waals surface area contributed by atoms with Gasteiger partial charge in [0.1, 0.15) is 5.82 Å². The minimum atomic E-state index is -0.0203. The normalized spacial score (nSPS) is 12.2. The lowest BCUT2D eigenvalue weighted by molar-refractivity contribution is 0.517. The summed E-state index contributed by atoms with van der Waals surface area (Å²) in [5.41, 5.74) is 8.71. The van der Waals surface area contributed by atoms with Gasteiger partial charge in [-0.25, -0.2) is 9.97 Å². The maximum absolute atomic E-state index is 5.89. The average molecular weight is 300 g/mol. The van der Waals surface area contributed by atoms with Gasteiger partial charge in [-0.2, -0.15) is 0 Å². The average Bonchev–Trinajstić information content (AvgIpc) is 2.93. The molecule has 4 nitrogen and oxygen atoms in total. The summed E-state index contributed by atoms with van der Waals surface area (Å²) < 4.78 is 2.28. The summed E-state index contributed by atoms with van der Waals surface area (Å²) in [6.45, 7) is 9.40. The zero-order chi connectivity index (χ0) is 15.2. The molecule has 0 fully saturated rings. The number of aromatic nitrogens is 3. The van der Waals surface area contributed by atoms with E-state index in [1.54, 1.807) is 11.3 Å². The molecule has 21 heavy (non-hydrogen) atoms. The van der Waals surface area contributed by atoms with E-state index in [1.165, 1.54) is 4.88 Å². The van der Waals surface area contributed by atoms with Crippen molar-refractivity contribution in [1.82, 2.24) is 14.5 Å². The van der Waals surface area contributed by atoms with Crippen molar-refractivity contribution in [3.8, 4) is 0 Å². The molecule has 2 aromatic heterocycles. The number of anilines is 1. The van der Waals surface area contributed by atoms with E-state index >= 15 is 0 Å². The van der Waals surface area contributed by atoms with E-state index < -0.39 is 0 Å². The van der Waals surface area contributed by atoms with Crippen LogP contribution in [0.4, 0.5) is 5.69 Å². The summed E-state index contributed by atoms with van der Waals surface area (Å²) in [4.78, 5) is 10.4. The van der Waals surface area contributed by atoms with Crippen molar-refractivity contribution in [2.24, 2.45) is 0 Å². The molecule has 0 bridgehead atoms. The Balaban J connectivity index is 2.17. The van der Waals surface area contributed by atoms with Gasteiger partial charge in [0, 0.05) is 22.2 Å². The van der Waals surface area contributed by atoms with Crippen molar-refractivity contribution in [1.29, 1.82) is 0 Å². The van der Waals surface area contributed by atoms with E-state index in [0.29, 0.717) is 0 Å². The van der Waals surface area contributed by atoms with Gasteiger partial charge in [-0.05, 0) is 25.1 Å². The Morgan fingerprint density at radius 3 is 2.67 bits per heavy atom. The van der Waals surface area contributed by atoms with Gasteiger partial charge < -0.3 is 10.3 Å². The molecule has 1 aromatic carbocycles. The smallest absolute Gasteiger partial charge is 0.115 e. The van der Waals surface area contributed by atoms with Gasteiger partial charge >= 0.3 is 0 Å². The molecule has 0 aliphatic heterocycles. The zero-order valence-corrected chi connectivity index (χ0v) is 13.7. The van der Waals surface area contributed by atoms with E-state index in [9.17, 15) is 0 Å². The third-order valence-electron chi connectivity index (χ3n) is 3.43. The van der Waals surface area contributed by atoms with Gasteiger partial charge in [0.2, 0.25) is 0 Å². The SMILES string of the molecule is Cc1ncc(Cn2c(C(C)(C)C)nc3cc(N)ccc32)s1. The molecule has 0 aliphatic rings. The highest BCUT2D eigenvalue weighted by molar-refractivity contribution is 7.11. The number of aryl methyl sites for hydroxylation is 1. The predicted molar refractivity (Wildman–Crippen MR) is 88.8 cm³/mol. The number of nitrogens with two attached hydrogens (primary N) is 1. The second-order valence-electron chi connectivity index (χ2n) is 6.37. The number of nitrogens with zero attached hydrogens (tertiary/aromatic N) is 3. The Morgan fingerprint density at radius 2 is 2.05 bits per heavy atom. The van der Waals surface area contributed by atoms with Crippen LogP contribution in [-0.2, 0) is 12.0 Å². The molecule has 5 heteroatoms. The van der Waals surface area contributed by atoms with Crippen molar-refractivity contribution >= 4 is 28.1 Å². The van der Waals surface area contributed by atoms with Crippen molar-refractivity contribution < 1.29 is 0 Å². The first kappa shape index (κ1) is 14.1. The number of rotatable bonds is 2. The number of hydrogen-bond donors (Lipinski definition) is 1. The third kappa shape index (κ3) is 2.65. The van der Waals surface area contributed by atoms with Crippen LogP contribution in [0.15, 0.2) is 24.4 Å². The Hall–Kier alpha value is -1.88. The fourth-order valence-electron chi connectivity index (χ4n) is 2.51. The zero-order valence-electron chi connectivity index (χ0n) is 12.8. The van der Waals surface area contributed by atoms with Crippen LogP contribution >= 0.6 is 11.3 Å². The topological polar surface area (TPSA) is 56.7 Å². The van der Waals surface area contributed by atoms with Crippen molar-refractivity contribution in [3.63, 3.8) is 0 Å². The number of nitrogen functional groups attached to an aromatic ring is 1. The highest BCUT2D eigenvalue weighted by Gasteiger charge is 2.23. The predicted octanol–water partition coefficient (Wildman–Crippen LogP) is 3.73. The van der Waals surface area contributed by atoms with Crippen LogP contribution in [0.3, 0.4) is 0 Å². The van der Waals surface area contributed by atoms with E-state index in [0.717, 1.165) is 34.1 Å². The van der Waals surface area contributed by atoms with Crippen LogP contribution in [0.5, 0.6) is 0 Å². The summed E-state index contributed by atoms with van der Waals surface area (Å²) in [5.74, 6) is 1.08. The highest BCUT2D eigenvalue weighted by atomic mass is 32.1. The van der Waals surface area contributed by atoms with Crippen LogP contribution in [0.2, 0.25) is 0 Å². The van der Waals surface area contributed by atoms with Crippen LogP contribution < -0.4 is 5.73 Å². The summed E-state index contributed by atoms with van der Waals surface area (Å²) in [6.07, 6.45) is 1.95. The maximum Gasteiger partial charge on any atom is 0.115 e. The minimum Gasteiger partial charge on any atom is -0.399 e. The third-order valence-corrected chi connectivity index (χ3v) is 4.32. The van der Waals surface area contributed by atoms with Gasteiger partial charge in [-0.3, -0.25) is 0 Å². The van der Waals surface area contributed by atoms with E-state index in [4.69, 9.17) is 10.7 Å². The quantitative estimate of drug-likeness (QED) is 0.734. The van der Waals surface area contributed by atoms with Crippen molar-refractivity contribution in [2.45, 2.75) is 39.7 Å². The van der Waals surface area contributed by atoms with E-state index in [-0.39, 0.29) is 5.41 Å². The van der Waals surface area contributed by atoms with Crippen LogP contribution in [0.1, 0.15) is 36.5 Å². The van der Waals surface area contributed by atoms with Crippen molar-refractivity contribution in [2.75, 3.05) is 5.73 Å². The Kier molecular flexibility index (Phi) is 3.24. The number of benzene rings is 1. The van der Waals surface area contributed by atoms with Gasteiger partial charge in [-0.15, -0.1) is 11.3 Å². The Bertz CT molecular complexity index is 792. The molecule has 0 saturated carbocycles. The Labute approximate surface area is 128 Å². The number of thiazole rings is 1. The van der Waals surface area contributed by atoms with Gasteiger partial charge in [0.05, 0.1) is 22.6 Å². The lowest BCUT2D eigenvalue weighted by Gasteiger charge is -2.19. The molecule has 0 radical (unpaired) electrons. The molecule has 3 aromatic rings. The largest absolute Gasteiger partial charge is 0.399 e. The number of imidazole rings is 1. The first-order valence-electron chi connectivity index (χ1n) is 7.02. The summed E-state index contributed by atoms with van der Waals surface area (Å²) in [7, 11) is 0. The maximum atomic E-state index is 5.89. The molecule has 2 heterocycles. The standard InChI is InChI=1S/C16H20N4S/c1-10-18-8-12(21-10)9-20-14-6-5-11(17)7-13(14)19-15(20)16(2,3)4/h5-8H,9,17H2,1-4H3. The van der Waals surface area contributed by atoms with E-state index in [2.05, 4.69) is 36.4 Å². The molecule has 0 spiro atoms. The fourth-order valence-corrected chi connectivity index (χ4v) is 3.30. The molecule has 0 aliphatic carbocycles. The lowest BCUT2D eigenvalue weighted by Crippen LogP contribution is -2.19. The molecule has 0 atom stereocenters. The van der Waals surface area contributed by atoms with E-state index in [1.807, 2.05) is 25.3 Å². The number of fused-ring (bicyclic) bond motifs is 1. The van der Waals surface area contributed by atoms with Crippen LogP contribution in [-0.4, -0.2) is 14.5 Å². The second-order valence-corrected chi connectivity index (χ2v) is 7.68. The summed E-state index contributed by atoms with van der Waals surface area (Å²) >= 11 is 1.73. The second kappa shape index (κ2) is 4.84. The van der Waals surface area contributed by atoms with Gasteiger partial charge in [-0.1, -0.05) is 20.8 Å². The molecule has 110 valence electrons. The number of hydrogen-bond acceptors (Lipinski definition) is 4. The van der Waals surface area contributed by atoms with Gasteiger partial charge in [0.15, 0.2) is 0 Å². The fraction of sp³-hybridized carbons (Fsp3) is 0.375. The summed E-state index contributed by atoms with van der Waals surface area (Å²) in [5, 5.41) is 1.09. The highest BCUT2D eigenvalue weighted by Crippen LogP contribution is 2.29. The monoisotopic (exact) mass is 300 g/mol. The minimum absolute atomic E-state index is 0.0203. The van der Waals surface area contributed by atoms with Crippen LogP contribution in [0.25, 0.3) is 11.0 Å². The van der Waals surface area contributed by atoms with Gasteiger partial charge in [0.25, 0.3) is 0 Å². The molecule has 3 rings (SSSR count). The lowest BCUT2D eigenvalue weighted by atomic mass is 9.95. The first-order chi connectivity index (χ1) is 9.84. The van der Waals surface area contributed by atoms with Crippen LogP contribution in [0, 0.1) is 6.92 Å². The van der Waals surface area contributed by atoms with Crippen molar-refractivity contribution in [3.05, 3.63) is 40.1 Å². The molecule has 0 saturated heterocycles. The molecule has 0 amide bonds. The molecular weight excluding hydrogens is 280 g/mol.